The van der Waals surface area contributed by atoms with Crippen molar-refractivity contribution in [2.45, 2.75) is 41.5 Å². The van der Waals surface area contributed by atoms with Crippen LogP contribution in [0.15, 0.2) is 72.8 Å². The van der Waals surface area contributed by atoms with Crippen LogP contribution in [0.5, 0.6) is 0 Å². The highest BCUT2D eigenvalue weighted by molar-refractivity contribution is 7.33. The zero-order valence-electron chi connectivity index (χ0n) is 26.4. The molecule has 0 nitrogen and oxygen atoms in total. The van der Waals surface area contributed by atoms with E-state index >= 15 is 0 Å². The summed E-state index contributed by atoms with van der Waals surface area (Å²) in [7, 11) is 0. The van der Waals surface area contributed by atoms with Crippen molar-refractivity contribution in [1.29, 1.82) is 0 Å². The van der Waals surface area contributed by atoms with Gasteiger partial charge in [0.15, 0.2) is 0 Å². The molecular weight excluding hydrogens is 673 g/mol. The average Bonchev–Trinajstić information content (AvgIpc) is 3.83. The molecule has 0 radical (unpaired) electrons. The summed E-state index contributed by atoms with van der Waals surface area (Å²) in [5.41, 5.74) is 10.9. The van der Waals surface area contributed by atoms with Gasteiger partial charge < -0.3 is 0 Å². The van der Waals surface area contributed by atoms with Crippen LogP contribution in [0.25, 0.3) is 80.7 Å². The van der Waals surface area contributed by atoms with Crippen molar-refractivity contribution in [2.75, 3.05) is 0 Å². The van der Waals surface area contributed by atoms with Crippen molar-refractivity contribution in [3.8, 4) is 41.8 Å². The molecule has 0 aliphatic carbocycles. The van der Waals surface area contributed by atoms with Crippen LogP contribution in [0.2, 0.25) is 0 Å². The van der Waals surface area contributed by atoms with Crippen LogP contribution >= 0.6 is 68.0 Å². The molecule has 0 bridgehead atoms. The molecule has 9 aromatic rings. The summed E-state index contributed by atoms with van der Waals surface area (Å²) in [5.74, 6) is 0. The van der Waals surface area contributed by atoms with E-state index in [1.165, 1.54) is 113 Å². The molecule has 46 heavy (non-hydrogen) atoms. The van der Waals surface area contributed by atoms with E-state index in [0.29, 0.717) is 0 Å². The Morgan fingerprint density at radius 1 is 0.348 bits per heavy atom. The molecule has 0 amide bonds. The largest absolute Gasteiger partial charge is 0.140 e. The maximum atomic E-state index is 2.52. The zero-order chi connectivity index (χ0) is 31.4. The molecule has 226 valence electrons. The third-order valence-corrected chi connectivity index (χ3v) is 16.2. The normalized spacial score (nSPS) is 12.1. The van der Waals surface area contributed by atoms with E-state index in [0.717, 1.165) is 0 Å². The minimum absolute atomic E-state index is 1.34. The topological polar surface area (TPSA) is 0 Å². The Morgan fingerprint density at radius 3 is 1.07 bits per heavy atom. The molecule has 9 rings (SSSR count). The Hall–Kier alpha value is -3.10. The number of hydrogen-bond acceptors (Lipinski definition) is 6. The summed E-state index contributed by atoms with van der Waals surface area (Å²) in [6.45, 7) is 13.6. The molecule has 6 aromatic heterocycles. The summed E-state index contributed by atoms with van der Waals surface area (Å²) >= 11 is 11.7. The number of benzene rings is 3. The Labute approximate surface area is 292 Å². The molecule has 6 heterocycles. The third kappa shape index (κ3) is 4.45. The van der Waals surface area contributed by atoms with Gasteiger partial charge in [-0.1, -0.05) is 36.4 Å². The predicted molar refractivity (Wildman–Crippen MR) is 214 cm³/mol. The molecule has 0 spiro atoms. The van der Waals surface area contributed by atoms with Gasteiger partial charge in [-0.25, -0.2) is 0 Å². The van der Waals surface area contributed by atoms with Gasteiger partial charge in [0.05, 0.1) is 0 Å². The van der Waals surface area contributed by atoms with Gasteiger partial charge in [-0.3, -0.25) is 0 Å². The first-order valence-corrected chi connectivity index (χ1v) is 20.3. The van der Waals surface area contributed by atoms with Crippen LogP contribution in [0.4, 0.5) is 0 Å². The van der Waals surface area contributed by atoms with Crippen LogP contribution in [0.1, 0.15) is 32.0 Å². The van der Waals surface area contributed by atoms with Gasteiger partial charge in [0.25, 0.3) is 0 Å². The quantitative estimate of drug-likeness (QED) is 0.171. The average molecular weight is 703 g/mol. The Morgan fingerprint density at radius 2 is 0.696 bits per heavy atom. The zero-order valence-corrected chi connectivity index (χ0v) is 31.3. The van der Waals surface area contributed by atoms with Crippen molar-refractivity contribution in [3.05, 3.63) is 105 Å². The summed E-state index contributed by atoms with van der Waals surface area (Å²) in [4.78, 5) is 8.26. The summed E-state index contributed by atoms with van der Waals surface area (Å²) in [6, 6.07) is 28.1. The second kappa shape index (κ2) is 10.7. The highest BCUT2D eigenvalue weighted by Crippen LogP contribution is 2.55. The van der Waals surface area contributed by atoms with Crippen molar-refractivity contribution in [2.24, 2.45) is 0 Å². The van der Waals surface area contributed by atoms with Crippen molar-refractivity contribution >= 4 is 107 Å². The van der Waals surface area contributed by atoms with Gasteiger partial charge in [-0.15, -0.1) is 68.0 Å². The first-order valence-electron chi connectivity index (χ1n) is 15.4. The van der Waals surface area contributed by atoms with Crippen LogP contribution in [0.3, 0.4) is 0 Å². The number of rotatable bonds is 4. The van der Waals surface area contributed by atoms with Crippen LogP contribution in [0, 0.1) is 41.5 Å². The molecule has 0 unspecified atom stereocenters. The summed E-state index contributed by atoms with van der Waals surface area (Å²) < 4.78 is 8.40. The predicted octanol–water partition coefficient (Wildman–Crippen LogP) is 15.2. The van der Waals surface area contributed by atoms with Crippen molar-refractivity contribution in [3.63, 3.8) is 0 Å². The SMILES string of the molecule is Cc1cc2sc(-c3cc4c(-c5c(C)cccc5C)c5sc(-c6cc7sc(C)cc7s6)cc5c(-c5c(C)cccc5C)c4s3)cc2s1. The molecular formula is C40H30S6. The van der Waals surface area contributed by atoms with Crippen molar-refractivity contribution < 1.29 is 0 Å². The molecule has 0 N–H and O–H groups in total. The monoisotopic (exact) mass is 702 g/mol. The number of hydrogen-bond donors (Lipinski definition) is 0. The fourth-order valence-electron chi connectivity index (χ4n) is 7.08. The molecule has 3 aromatic carbocycles. The van der Waals surface area contributed by atoms with Gasteiger partial charge in [-0.05, 0) is 111 Å². The lowest BCUT2D eigenvalue weighted by Gasteiger charge is -2.18. The lowest BCUT2D eigenvalue weighted by molar-refractivity contribution is 1.39. The fourth-order valence-corrected chi connectivity index (χ4v) is 14.3. The number of fused-ring (bicyclic) bond motifs is 4. The summed E-state index contributed by atoms with van der Waals surface area (Å²) in [5, 5.41) is 2.76. The molecule has 0 atom stereocenters. The van der Waals surface area contributed by atoms with E-state index in [9.17, 15) is 0 Å². The smallest absolute Gasteiger partial charge is 0.0464 e. The lowest BCUT2D eigenvalue weighted by atomic mass is 9.87. The second-order valence-electron chi connectivity index (χ2n) is 12.4. The van der Waals surface area contributed by atoms with E-state index in [4.69, 9.17) is 0 Å². The molecule has 0 aliphatic rings. The van der Waals surface area contributed by atoms with E-state index in [2.05, 4.69) is 114 Å². The van der Waals surface area contributed by atoms with E-state index in [-0.39, 0.29) is 0 Å². The minimum atomic E-state index is 1.34. The molecule has 0 saturated heterocycles. The molecule has 0 aliphatic heterocycles. The van der Waals surface area contributed by atoms with Gasteiger partial charge in [-0.2, -0.15) is 0 Å². The second-order valence-corrected chi connectivity index (χ2v) is 19.2. The Kier molecular flexibility index (Phi) is 6.77. The molecule has 6 heteroatoms. The maximum absolute atomic E-state index is 2.52. The van der Waals surface area contributed by atoms with Gasteiger partial charge >= 0.3 is 0 Å². The fraction of sp³-hybridized carbons (Fsp3) is 0.150. The minimum Gasteiger partial charge on any atom is -0.140 e. The maximum Gasteiger partial charge on any atom is 0.0464 e. The summed E-state index contributed by atoms with van der Waals surface area (Å²) in [6.07, 6.45) is 0. The Balaban J connectivity index is 1.43. The highest BCUT2D eigenvalue weighted by atomic mass is 32.1. The molecule has 0 fully saturated rings. The Bertz CT molecular complexity index is 2310. The van der Waals surface area contributed by atoms with Gasteiger partial charge in [0.2, 0.25) is 0 Å². The van der Waals surface area contributed by atoms with Gasteiger partial charge in [0, 0.05) is 79.4 Å². The first kappa shape index (κ1) is 29.1. The standard InChI is InChI=1S/C40H30S6/c1-19-9-7-10-20(2)35(19)37-25-15-29(33-17-31-27(43-33)13-23(5)41-31)46-40(25)38(36-21(3)11-8-12-22(36)4)26-16-30(45-39(26)37)34-18-32-28(44-34)14-24(6)42-32/h7-18H,1-6H3. The third-order valence-electron chi connectivity index (χ3n) is 9.07. The van der Waals surface area contributed by atoms with E-state index < -0.39 is 0 Å². The van der Waals surface area contributed by atoms with Crippen molar-refractivity contribution in [1.82, 2.24) is 0 Å². The number of thiophene rings is 6. The number of aryl methyl sites for hydroxylation is 6. The first-order chi connectivity index (χ1) is 22.2. The highest BCUT2D eigenvalue weighted by Gasteiger charge is 2.26. The van der Waals surface area contributed by atoms with Crippen LogP contribution in [-0.4, -0.2) is 0 Å². The van der Waals surface area contributed by atoms with E-state index in [1.807, 2.05) is 68.0 Å². The van der Waals surface area contributed by atoms with Crippen LogP contribution in [-0.2, 0) is 0 Å². The molecule has 0 saturated carbocycles. The van der Waals surface area contributed by atoms with E-state index in [1.54, 1.807) is 0 Å². The van der Waals surface area contributed by atoms with Crippen LogP contribution < -0.4 is 0 Å². The van der Waals surface area contributed by atoms with Gasteiger partial charge in [0.1, 0.15) is 0 Å². The lowest BCUT2D eigenvalue weighted by Crippen LogP contribution is -1.93.